The topological polar surface area (TPSA) is 76.7 Å². The normalized spacial score (nSPS) is 16.0. The summed E-state index contributed by atoms with van der Waals surface area (Å²) in [5.41, 5.74) is 3.34. The van der Waals surface area contributed by atoms with Crippen molar-refractivity contribution in [1.82, 2.24) is 14.7 Å². The maximum Gasteiger partial charge on any atom is 0.416 e. The molecule has 1 aliphatic heterocycles. The van der Waals surface area contributed by atoms with E-state index >= 15 is 0 Å². The Morgan fingerprint density at radius 1 is 0.972 bits per heavy atom. The number of alkyl halides is 6. The fraction of sp³-hybridized carbons (Fsp3) is 0.417. The maximum absolute atomic E-state index is 13.5. The van der Waals surface area contributed by atoms with Gasteiger partial charge in [-0.3, -0.25) is 15.1 Å². The number of piperazine rings is 1. The third kappa shape index (κ3) is 6.68. The number of nitrogens with zero attached hydrogens (tertiary/aromatic N) is 3. The van der Waals surface area contributed by atoms with Gasteiger partial charge in [-0.2, -0.15) is 26.3 Å². The molecule has 0 spiro atoms. The maximum atomic E-state index is 13.5. The number of amides is 1. The Hall–Kier alpha value is -3.28. The van der Waals surface area contributed by atoms with Crippen LogP contribution in [-0.2, 0) is 23.6 Å². The van der Waals surface area contributed by atoms with Crippen molar-refractivity contribution >= 4 is 11.9 Å². The standard InChI is InChI=1S/C24H27F6N5O/c1-33(8-7-16-13-18(23(25,26)27)15-19(14-16)24(28,29)30)21(36)20(17-5-3-2-4-6-17)34-9-11-35(12-10-34)22(31)32/h2-6,13-15,20H,7-12H2,1H3,(H3,31,32). The predicted octanol–water partition coefficient (Wildman–Crippen LogP) is 3.98. The van der Waals surface area contributed by atoms with Gasteiger partial charge in [-0.25, -0.2) is 0 Å². The summed E-state index contributed by atoms with van der Waals surface area (Å²) in [5, 5.41) is 7.59. The summed E-state index contributed by atoms with van der Waals surface area (Å²) >= 11 is 0. The number of hydrogen-bond donors (Lipinski definition) is 2. The third-order valence-corrected chi connectivity index (χ3v) is 6.13. The first-order valence-electron chi connectivity index (χ1n) is 11.2. The number of guanidine groups is 1. The van der Waals surface area contributed by atoms with Crippen LogP contribution in [0, 0.1) is 5.41 Å². The quantitative estimate of drug-likeness (QED) is 0.347. The number of benzene rings is 2. The molecule has 1 unspecified atom stereocenters. The van der Waals surface area contributed by atoms with Gasteiger partial charge in [0.25, 0.3) is 0 Å². The number of nitrogens with two attached hydrogens (primary N) is 1. The molecule has 12 heteroatoms. The highest BCUT2D eigenvalue weighted by Gasteiger charge is 2.37. The van der Waals surface area contributed by atoms with Gasteiger partial charge in [-0.15, -0.1) is 0 Å². The van der Waals surface area contributed by atoms with Crippen molar-refractivity contribution < 1.29 is 31.1 Å². The van der Waals surface area contributed by atoms with E-state index in [2.05, 4.69) is 0 Å². The van der Waals surface area contributed by atoms with Gasteiger partial charge in [0.15, 0.2) is 5.96 Å². The second-order valence-electron chi connectivity index (χ2n) is 8.65. The third-order valence-electron chi connectivity index (χ3n) is 6.13. The lowest BCUT2D eigenvalue weighted by Crippen LogP contribution is -2.54. The van der Waals surface area contributed by atoms with Gasteiger partial charge >= 0.3 is 12.4 Å². The van der Waals surface area contributed by atoms with Crippen molar-refractivity contribution in [3.8, 4) is 0 Å². The van der Waals surface area contributed by atoms with Crippen LogP contribution in [0.1, 0.15) is 28.3 Å². The van der Waals surface area contributed by atoms with E-state index < -0.39 is 29.5 Å². The van der Waals surface area contributed by atoms with Crippen molar-refractivity contribution in [3.05, 3.63) is 70.8 Å². The number of nitrogens with one attached hydrogen (secondary N) is 1. The number of rotatable bonds is 6. The van der Waals surface area contributed by atoms with Gasteiger partial charge in [0.05, 0.1) is 11.1 Å². The van der Waals surface area contributed by atoms with E-state index in [1.54, 1.807) is 35.2 Å². The first kappa shape index (κ1) is 27.3. The van der Waals surface area contributed by atoms with Crippen LogP contribution in [0.15, 0.2) is 48.5 Å². The van der Waals surface area contributed by atoms with Gasteiger partial charge in [0, 0.05) is 39.8 Å². The Morgan fingerprint density at radius 2 is 1.50 bits per heavy atom. The van der Waals surface area contributed by atoms with E-state index in [-0.39, 0.29) is 36.5 Å². The van der Waals surface area contributed by atoms with Crippen molar-refractivity contribution in [2.24, 2.45) is 5.73 Å². The number of carbonyl (C=O) groups excluding carboxylic acids is 1. The van der Waals surface area contributed by atoms with Crippen molar-refractivity contribution in [1.29, 1.82) is 5.41 Å². The van der Waals surface area contributed by atoms with E-state index in [9.17, 15) is 31.1 Å². The Bertz CT molecular complexity index is 1030. The van der Waals surface area contributed by atoms with Gasteiger partial charge in [-0.1, -0.05) is 30.3 Å². The fourth-order valence-electron chi connectivity index (χ4n) is 4.15. The number of halogens is 6. The molecule has 1 saturated heterocycles. The molecule has 0 aliphatic carbocycles. The summed E-state index contributed by atoms with van der Waals surface area (Å²) in [4.78, 5) is 18.4. The lowest BCUT2D eigenvalue weighted by Gasteiger charge is -2.40. The largest absolute Gasteiger partial charge is 0.416 e. The fourth-order valence-corrected chi connectivity index (χ4v) is 4.15. The van der Waals surface area contributed by atoms with E-state index in [4.69, 9.17) is 11.1 Å². The van der Waals surface area contributed by atoms with E-state index in [1.807, 2.05) is 4.90 Å². The van der Waals surface area contributed by atoms with Crippen molar-refractivity contribution in [2.75, 3.05) is 39.8 Å². The van der Waals surface area contributed by atoms with Crippen LogP contribution in [0.5, 0.6) is 0 Å². The first-order chi connectivity index (χ1) is 16.8. The van der Waals surface area contributed by atoms with Gasteiger partial charge in [0.1, 0.15) is 6.04 Å². The smallest absolute Gasteiger partial charge is 0.370 e. The van der Waals surface area contributed by atoms with Crippen LogP contribution < -0.4 is 5.73 Å². The van der Waals surface area contributed by atoms with Crippen molar-refractivity contribution in [3.63, 3.8) is 0 Å². The second-order valence-corrected chi connectivity index (χ2v) is 8.65. The minimum Gasteiger partial charge on any atom is -0.370 e. The van der Waals surface area contributed by atoms with Gasteiger partial charge in [0.2, 0.25) is 5.91 Å². The monoisotopic (exact) mass is 515 g/mol. The summed E-state index contributed by atoms with van der Waals surface area (Å²) in [6, 6.07) is 9.70. The molecule has 2 aromatic carbocycles. The minimum absolute atomic E-state index is 0.0614. The van der Waals surface area contributed by atoms with Crippen molar-refractivity contribution in [2.45, 2.75) is 24.8 Å². The molecule has 0 radical (unpaired) electrons. The Balaban J connectivity index is 1.79. The molecule has 1 amide bonds. The van der Waals surface area contributed by atoms with Crippen LogP contribution >= 0.6 is 0 Å². The molecule has 6 nitrogen and oxygen atoms in total. The van der Waals surface area contributed by atoms with E-state index in [0.29, 0.717) is 43.9 Å². The van der Waals surface area contributed by atoms with Crippen LogP contribution in [0.3, 0.4) is 0 Å². The number of carbonyl (C=O) groups is 1. The molecule has 1 heterocycles. The molecule has 1 atom stereocenters. The summed E-state index contributed by atoms with van der Waals surface area (Å²) < 4.78 is 79.1. The zero-order chi connectivity index (χ0) is 26.7. The SMILES string of the molecule is CN(CCc1cc(C(F)(F)F)cc(C(F)(F)F)c1)C(=O)C(c1ccccc1)N1CCN(C(=N)N)CC1. The molecule has 36 heavy (non-hydrogen) atoms. The Morgan fingerprint density at radius 3 is 1.97 bits per heavy atom. The highest BCUT2D eigenvalue weighted by atomic mass is 19.4. The molecule has 1 aliphatic rings. The highest BCUT2D eigenvalue weighted by Crippen LogP contribution is 2.36. The molecule has 196 valence electrons. The molecular formula is C24H27F6N5O. The van der Waals surface area contributed by atoms with Gasteiger partial charge in [-0.05, 0) is 35.7 Å². The van der Waals surface area contributed by atoms with E-state index in [1.165, 1.54) is 11.9 Å². The average molecular weight is 516 g/mol. The summed E-state index contributed by atoms with van der Waals surface area (Å²) in [6.45, 7) is 1.71. The number of likely N-dealkylation sites (N-methyl/N-ethyl adjacent to an activating group) is 1. The molecule has 0 aromatic heterocycles. The molecule has 3 N–H and O–H groups in total. The first-order valence-corrected chi connectivity index (χ1v) is 11.2. The predicted molar refractivity (Wildman–Crippen MR) is 122 cm³/mol. The zero-order valence-corrected chi connectivity index (χ0v) is 19.5. The van der Waals surface area contributed by atoms with Gasteiger partial charge < -0.3 is 15.5 Å². The summed E-state index contributed by atoms with van der Waals surface area (Å²) in [7, 11) is 1.47. The average Bonchev–Trinajstić information content (AvgIpc) is 2.82. The lowest BCUT2D eigenvalue weighted by atomic mass is 10.0. The Kier molecular flexibility index (Phi) is 8.17. The molecule has 3 rings (SSSR count). The molecule has 2 aromatic rings. The Labute approximate surface area is 204 Å². The van der Waals surface area contributed by atoms with E-state index in [0.717, 1.165) is 0 Å². The van der Waals surface area contributed by atoms with Crippen LogP contribution in [0.4, 0.5) is 26.3 Å². The van der Waals surface area contributed by atoms with Crippen LogP contribution in [0.2, 0.25) is 0 Å². The molecule has 1 fully saturated rings. The lowest BCUT2D eigenvalue weighted by molar-refractivity contribution is -0.143. The molecular weight excluding hydrogens is 488 g/mol. The number of hydrogen-bond acceptors (Lipinski definition) is 3. The summed E-state index contributed by atoms with van der Waals surface area (Å²) in [6.07, 6.45) is -10.1. The minimum atomic E-state index is -4.93. The molecule has 0 saturated carbocycles. The molecule has 0 bridgehead atoms. The van der Waals surface area contributed by atoms with Crippen LogP contribution in [0.25, 0.3) is 0 Å². The van der Waals surface area contributed by atoms with Crippen LogP contribution in [-0.4, -0.2) is 66.3 Å². The highest BCUT2D eigenvalue weighted by molar-refractivity contribution is 5.83. The second kappa shape index (κ2) is 10.8. The zero-order valence-electron chi connectivity index (χ0n) is 19.5. The summed E-state index contributed by atoms with van der Waals surface area (Å²) in [5.74, 6) is -0.394.